The van der Waals surface area contributed by atoms with Gasteiger partial charge in [0.05, 0.1) is 49.4 Å². The number of carbonyl (C=O) groups excluding carboxylic acids is 1. The van der Waals surface area contributed by atoms with Crippen LogP contribution < -0.4 is 15.8 Å². The number of anilines is 2. The molecule has 1 aliphatic heterocycles. The number of carbonyl (C=O) groups is 1. The Labute approximate surface area is 171 Å². The SMILES string of the molecule is C[NH+]1CCN(C(=O)c2ccccc2Nc2c([N+](=O)[O-])c(=O)oc3ccccc23)CC1. The van der Waals surface area contributed by atoms with Gasteiger partial charge in [0.2, 0.25) is 0 Å². The highest BCUT2D eigenvalue weighted by atomic mass is 16.6. The fourth-order valence-corrected chi connectivity index (χ4v) is 3.61. The average Bonchev–Trinajstić information content (AvgIpc) is 2.74. The largest absolute Gasteiger partial charge is 0.418 e. The number of rotatable bonds is 4. The zero-order valence-corrected chi connectivity index (χ0v) is 16.4. The van der Waals surface area contributed by atoms with Gasteiger partial charge in [-0.05, 0) is 24.3 Å². The van der Waals surface area contributed by atoms with Gasteiger partial charge in [-0.2, -0.15) is 0 Å². The lowest BCUT2D eigenvalue weighted by Crippen LogP contribution is -3.12. The number of nitrogens with zero attached hydrogens (tertiary/aromatic N) is 2. The first-order valence-electron chi connectivity index (χ1n) is 9.62. The molecule has 0 radical (unpaired) electrons. The molecule has 1 aromatic heterocycles. The zero-order valence-electron chi connectivity index (χ0n) is 16.4. The molecule has 0 aliphatic carbocycles. The molecule has 0 atom stereocenters. The van der Waals surface area contributed by atoms with E-state index in [0.29, 0.717) is 29.7 Å². The standard InChI is InChI=1S/C21H20N4O5/c1-23-10-12-24(13-11-23)20(26)14-6-2-4-8-16(14)22-18-15-7-3-5-9-17(15)30-21(27)19(18)25(28)29/h2-9,22H,10-13H2,1H3/p+1. The van der Waals surface area contributed by atoms with Gasteiger partial charge < -0.3 is 19.5 Å². The molecule has 2 aromatic carbocycles. The minimum Gasteiger partial charge on any atom is -0.418 e. The number of para-hydroxylation sites is 2. The molecule has 1 fully saturated rings. The highest BCUT2D eigenvalue weighted by Crippen LogP contribution is 2.33. The molecule has 4 rings (SSSR count). The summed E-state index contributed by atoms with van der Waals surface area (Å²) in [6.45, 7) is 2.99. The minimum absolute atomic E-state index is 0.00919. The Morgan fingerprint density at radius 2 is 1.80 bits per heavy atom. The van der Waals surface area contributed by atoms with Crippen LogP contribution in [-0.4, -0.2) is 49.0 Å². The normalized spacial score (nSPS) is 14.6. The lowest BCUT2D eigenvalue weighted by Gasteiger charge is -2.30. The van der Waals surface area contributed by atoms with Crippen molar-refractivity contribution in [3.8, 4) is 0 Å². The van der Waals surface area contributed by atoms with Crippen molar-refractivity contribution in [2.75, 3.05) is 38.5 Å². The molecule has 9 heteroatoms. The predicted molar refractivity (Wildman–Crippen MR) is 111 cm³/mol. The summed E-state index contributed by atoms with van der Waals surface area (Å²) in [4.78, 5) is 39.4. The Morgan fingerprint density at radius 3 is 2.53 bits per heavy atom. The molecule has 1 saturated heterocycles. The lowest BCUT2D eigenvalue weighted by atomic mass is 10.1. The van der Waals surface area contributed by atoms with Crippen molar-refractivity contribution in [1.82, 2.24) is 4.90 Å². The average molecular weight is 409 g/mol. The number of likely N-dealkylation sites (N-methyl/N-ethyl adjacent to an activating group) is 1. The van der Waals surface area contributed by atoms with Crippen molar-refractivity contribution >= 4 is 33.9 Å². The van der Waals surface area contributed by atoms with Crippen molar-refractivity contribution < 1.29 is 19.0 Å². The molecule has 2 heterocycles. The Balaban J connectivity index is 1.79. The Bertz CT molecular complexity index is 1180. The Kier molecular flexibility index (Phi) is 5.20. The molecule has 0 spiro atoms. The summed E-state index contributed by atoms with van der Waals surface area (Å²) < 4.78 is 5.10. The molecule has 0 unspecified atom stereocenters. The van der Waals surface area contributed by atoms with Gasteiger partial charge in [0.25, 0.3) is 5.91 Å². The fraction of sp³-hybridized carbons (Fsp3) is 0.238. The first-order chi connectivity index (χ1) is 14.5. The summed E-state index contributed by atoms with van der Waals surface area (Å²) in [6.07, 6.45) is 0. The number of nitrogens with one attached hydrogen (secondary N) is 2. The molecule has 154 valence electrons. The van der Waals surface area contributed by atoms with Crippen molar-refractivity contribution in [2.45, 2.75) is 0 Å². The first-order valence-corrected chi connectivity index (χ1v) is 9.62. The van der Waals surface area contributed by atoms with Gasteiger partial charge >= 0.3 is 11.3 Å². The van der Waals surface area contributed by atoms with E-state index in [-0.39, 0.29) is 17.2 Å². The van der Waals surface area contributed by atoms with Crippen LogP contribution >= 0.6 is 0 Å². The molecule has 1 aliphatic rings. The topological polar surface area (TPSA) is 110 Å². The maximum Gasteiger partial charge on any atom is 0.417 e. The maximum atomic E-state index is 13.1. The van der Waals surface area contributed by atoms with E-state index < -0.39 is 16.2 Å². The third kappa shape index (κ3) is 3.62. The molecule has 0 saturated carbocycles. The van der Waals surface area contributed by atoms with E-state index in [2.05, 4.69) is 12.4 Å². The van der Waals surface area contributed by atoms with E-state index in [9.17, 15) is 19.7 Å². The molecule has 2 N–H and O–H groups in total. The van der Waals surface area contributed by atoms with Gasteiger partial charge in [0, 0.05) is 5.39 Å². The summed E-state index contributed by atoms with van der Waals surface area (Å²) in [7, 11) is 2.09. The maximum absolute atomic E-state index is 13.1. The quantitative estimate of drug-likeness (QED) is 0.383. The number of fused-ring (bicyclic) bond motifs is 1. The van der Waals surface area contributed by atoms with Gasteiger partial charge in [0.15, 0.2) is 0 Å². The molecule has 9 nitrogen and oxygen atoms in total. The molecular weight excluding hydrogens is 388 g/mol. The van der Waals surface area contributed by atoms with Crippen molar-refractivity contribution in [3.05, 3.63) is 74.6 Å². The summed E-state index contributed by atoms with van der Waals surface area (Å²) in [5, 5.41) is 15.0. The van der Waals surface area contributed by atoms with Gasteiger partial charge in [-0.25, -0.2) is 4.79 Å². The third-order valence-corrected chi connectivity index (χ3v) is 5.29. The van der Waals surface area contributed by atoms with E-state index in [4.69, 9.17) is 4.42 Å². The van der Waals surface area contributed by atoms with Gasteiger partial charge in [-0.15, -0.1) is 0 Å². The fourth-order valence-electron chi connectivity index (χ4n) is 3.61. The van der Waals surface area contributed by atoms with E-state index in [1.165, 1.54) is 4.90 Å². The second-order valence-corrected chi connectivity index (χ2v) is 7.29. The van der Waals surface area contributed by atoms with Gasteiger partial charge in [0.1, 0.15) is 11.3 Å². The van der Waals surface area contributed by atoms with Crippen molar-refractivity contribution in [2.24, 2.45) is 0 Å². The number of hydrogen-bond acceptors (Lipinski definition) is 6. The Morgan fingerprint density at radius 1 is 1.13 bits per heavy atom. The van der Waals surface area contributed by atoms with E-state index >= 15 is 0 Å². The van der Waals surface area contributed by atoms with Crippen molar-refractivity contribution in [3.63, 3.8) is 0 Å². The summed E-state index contributed by atoms with van der Waals surface area (Å²) in [6, 6.07) is 13.4. The summed E-state index contributed by atoms with van der Waals surface area (Å²) in [5.74, 6) is -0.152. The Hall–Kier alpha value is -3.72. The van der Waals surface area contributed by atoms with Gasteiger partial charge in [-0.1, -0.05) is 24.3 Å². The van der Waals surface area contributed by atoms with E-state index in [1.807, 2.05) is 0 Å². The first kappa shape index (κ1) is 19.6. The van der Waals surface area contributed by atoms with Crippen LogP contribution in [0.4, 0.5) is 17.1 Å². The van der Waals surface area contributed by atoms with Crippen molar-refractivity contribution in [1.29, 1.82) is 0 Å². The molecule has 30 heavy (non-hydrogen) atoms. The second-order valence-electron chi connectivity index (χ2n) is 7.29. The molecular formula is C21H21N4O5+. The number of benzene rings is 2. The van der Waals surface area contributed by atoms with Crippen LogP contribution in [0.15, 0.2) is 57.7 Å². The van der Waals surface area contributed by atoms with Crippen LogP contribution in [0.25, 0.3) is 11.0 Å². The second kappa shape index (κ2) is 7.96. The minimum atomic E-state index is -1.05. The smallest absolute Gasteiger partial charge is 0.417 e. The number of nitro groups is 1. The predicted octanol–water partition coefficient (Wildman–Crippen LogP) is 1.42. The van der Waals surface area contributed by atoms with E-state index in [1.54, 1.807) is 53.4 Å². The van der Waals surface area contributed by atoms with Crippen LogP contribution in [0.3, 0.4) is 0 Å². The van der Waals surface area contributed by atoms with Crippen LogP contribution in [0.5, 0.6) is 0 Å². The summed E-state index contributed by atoms with van der Waals surface area (Å²) >= 11 is 0. The summed E-state index contributed by atoms with van der Waals surface area (Å²) in [5.41, 5.74) is -0.723. The number of quaternary nitrogens is 1. The molecule has 0 bridgehead atoms. The lowest BCUT2D eigenvalue weighted by molar-refractivity contribution is -0.883. The van der Waals surface area contributed by atoms with E-state index in [0.717, 1.165) is 13.1 Å². The molecule has 3 aromatic rings. The highest BCUT2D eigenvalue weighted by molar-refractivity contribution is 6.03. The highest BCUT2D eigenvalue weighted by Gasteiger charge is 2.28. The van der Waals surface area contributed by atoms with Crippen LogP contribution in [0, 0.1) is 10.1 Å². The van der Waals surface area contributed by atoms with Crippen LogP contribution in [0.1, 0.15) is 10.4 Å². The number of amides is 1. The molecule has 1 amide bonds. The monoisotopic (exact) mass is 409 g/mol. The van der Waals surface area contributed by atoms with Crippen LogP contribution in [0.2, 0.25) is 0 Å². The zero-order chi connectivity index (χ0) is 21.3. The number of hydrogen-bond donors (Lipinski definition) is 2. The third-order valence-electron chi connectivity index (χ3n) is 5.29. The van der Waals surface area contributed by atoms with Crippen LogP contribution in [-0.2, 0) is 0 Å². The van der Waals surface area contributed by atoms with Gasteiger partial charge in [-0.3, -0.25) is 14.9 Å². The number of piperazine rings is 1.